The zero-order valence-electron chi connectivity index (χ0n) is 23.8. The second kappa shape index (κ2) is 15.3. The van der Waals surface area contributed by atoms with E-state index in [9.17, 15) is 19.2 Å². The van der Waals surface area contributed by atoms with Gasteiger partial charge in [-0.05, 0) is 63.1 Å². The minimum Gasteiger partial charge on any atom is -0.461 e. The van der Waals surface area contributed by atoms with Gasteiger partial charge in [0.1, 0.15) is 24.4 Å². The van der Waals surface area contributed by atoms with Gasteiger partial charge in [-0.1, -0.05) is 40.7 Å². The van der Waals surface area contributed by atoms with Crippen LogP contribution < -0.4 is 15.2 Å². The third kappa shape index (κ3) is 12.9. The van der Waals surface area contributed by atoms with Gasteiger partial charge in [0, 0.05) is 12.8 Å². The van der Waals surface area contributed by atoms with E-state index in [1.54, 1.807) is 26.8 Å². The first-order valence-electron chi connectivity index (χ1n) is 13.0. The van der Waals surface area contributed by atoms with Crippen LogP contribution in [0.25, 0.3) is 0 Å². The molecule has 1 aromatic carbocycles. The third-order valence-corrected chi connectivity index (χ3v) is 5.33. The van der Waals surface area contributed by atoms with Crippen molar-refractivity contribution in [3.63, 3.8) is 0 Å². The SMILES string of the molecule is CCC(C)(C)OC(=O)O[C@@H](C)COC(=O)[C@@H](N)Cc1ccc(OC(=O)CC(C)C)c(OC(=O)CC(C)C)c1. The summed E-state index contributed by atoms with van der Waals surface area (Å²) in [5.74, 6) is -1.28. The molecule has 2 atom stereocenters. The standard InChI is InChI=1S/C28H43NO9/c1-9-28(7,8)38-27(33)35-19(6)16-34-26(32)21(29)14-20-10-11-22(36-24(30)12-17(2)3)23(15-20)37-25(31)13-18(4)5/h10-11,15,17-19,21H,9,12-14,16,29H2,1-8H3/t19-,21-/m0/s1. The van der Waals surface area contributed by atoms with Gasteiger partial charge >= 0.3 is 24.1 Å². The highest BCUT2D eigenvalue weighted by Crippen LogP contribution is 2.30. The van der Waals surface area contributed by atoms with Crippen LogP contribution in [-0.4, -0.2) is 48.4 Å². The minimum atomic E-state index is -1.04. The Kier molecular flexibility index (Phi) is 13.3. The number of carbonyl (C=O) groups is 4. The summed E-state index contributed by atoms with van der Waals surface area (Å²) >= 11 is 0. The maximum absolute atomic E-state index is 12.4. The highest BCUT2D eigenvalue weighted by atomic mass is 16.7. The number of esters is 3. The lowest BCUT2D eigenvalue weighted by Crippen LogP contribution is -2.36. The van der Waals surface area contributed by atoms with Gasteiger partial charge in [-0.15, -0.1) is 0 Å². The fourth-order valence-corrected chi connectivity index (χ4v) is 3.00. The summed E-state index contributed by atoms with van der Waals surface area (Å²) in [4.78, 5) is 48.8. The molecule has 0 heterocycles. The molecule has 0 spiro atoms. The average Bonchev–Trinajstić information content (AvgIpc) is 2.77. The summed E-state index contributed by atoms with van der Waals surface area (Å²) in [5.41, 5.74) is 5.93. The van der Waals surface area contributed by atoms with Crippen LogP contribution in [0.2, 0.25) is 0 Å². The summed E-state index contributed by atoms with van der Waals surface area (Å²) in [6, 6.07) is 3.60. The van der Waals surface area contributed by atoms with E-state index in [0.717, 1.165) is 0 Å². The molecule has 0 bridgehead atoms. The Balaban J connectivity index is 2.82. The van der Waals surface area contributed by atoms with Gasteiger partial charge in [0.2, 0.25) is 0 Å². The zero-order chi connectivity index (χ0) is 29.0. The molecule has 2 N–H and O–H groups in total. The summed E-state index contributed by atoms with van der Waals surface area (Å²) < 4.78 is 26.4. The molecule has 38 heavy (non-hydrogen) atoms. The van der Waals surface area contributed by atoms with E-state index in [4.69, 9.17) is 29.4 Å². The van der Waals surface area contributed by atoms with Crippen molar-refractivity contribution < 1.29 is 42.9 Å². The van der Waals surface area contributed by atoms with Crippen molar-refractivity contribution in [2.45, 2.75) is 98.8 Å². The van der Waals surface area contributed by atoms with Gasteiger partial charge in [-0.25, -0.2) is 4.79 Å². The molecule has 0 fully saturated rings. The molecule has 0 saturated heterocycles. The molecular weight excluding hydrogens is 494 g/mol. The van der Waals surface area contributed by atoms with E-state index in [-0.39, 0.29) is 49.2 Å². The molecule has 0 aliphatic carbocycles. The van der Waals surface area contributed by atoms with Crippen LogP contribution in [0.4, 0.5) is 4.79 Å². The number of benzene rings is 1. The molecule has 0 saturated carbocycles. The van der Waals surface area contributed by atoms with Gasteiger partial charge in [-0.3, -0.25) is 14.4 Å². The van der Waals surface area contributed by atoms with Crippen molar-refractivity contribution >= 4 is 24.1 Å². The lowest BCUT2D eigenvalue weighted by Gasteiger charge is -2.24. The number of hydrogen-bond acceptors (Lipinski definition) is 10. The Labute approximate surface area is 225 Å². The van der Waals surface area contributed by atoms with Gasteiger partial charge < -0.3 is 29.4 Å². The van der Waals surface area contributed by atoms with E-state index < -0.39 is 41.8 Å². The van der Waals surface area contributed by atoms with Crippen molar-refractivity contribution in [3.05, 3.63) is 23.8 Å². The molecular formula is C28H43NO9. The second-order valence-electron chi connectivity index (χ2n) is 10.8. The Morgan fingerprint density at radius 3 is 1.97 bits per heavy atom. The van der Waals surface area contributed by atoms with Gasteiger partial charge in [-0.2, -0.15) is 0 Å². The molecule has 10 nitrogen and oxygen atoms in total. The summed E-state index contributed by atoms with van der Waals surface area (Å²) in [7, 11) is 0. The molecule has 214 valence electrons. The molecule has 0 radical (unpaired) electrons. The summed E-state index contributed by atoms with van der Waals surface area (Å²) in [6.45, 7) is 14.3. The lowest BCUT2D eigenvalue weighted by molar-refractivity contribution is -0.148. The Morgan fingerprint density at radius 1 is 0.895 bits per heavy atom. The molecule has 10 heteroatoms. The van der Waals surface area contributed by atoms with E-state index in [0.29, 0.717) is 12.0 Å². The number of ether oxygens (including phenoxy) is 5. The predicted molar refractivity (Wildman–Crippen MR) is 141 cm³/mol. The largest absolute Gasteiger partial charge is 0.509 e. The number of nitrogens with two attached hydrogens (primary N) is 1. The normalized spacial score (nSPS) is 13.0. The second-order valence-corrected chi connectivity index (χ2v) is 10.8. The van der Waals surface area contributed by atoms with Crippen molar-refractivity contribution in [1.29, 1.82) is 0 Å². The van der Waals surface area contributed by atoms with Crippen LogP contribution in [0.15, 0.2) is 18.2 Å². The Morgan fingerprint density at radius 2 is 1.45 bits per heavy atom. The van der Waals surface area contributed by atoms with Crippen molar-refractivity contribution in [3.8, 4) is 11.5 Å². The first-order chi connectivity index (χ1) is 17.6. The monoisotopic (exact) mass is 537 g/mol. The molecule has 1 aromatic rings. The highest BCUT2D eigenvalue weighted by molar-refractivity contribution is 5.77. The van der Waals surface area contributed by atoms with Crippen molar-refractivity contribution in [2.24, 2.45) is 17.6 Å². The fraction of sp³-hybridized carbons (Fsp3) is 0.643. The van der Waals surface area contributed by atoms with Crippen LogP contribution in [0.5, 0.6) is 11.5 Å². The maximum atomic E-state index is 12.4. The van der Waals surface area contributed by atoms with Gasteiger partial charge in [0.15, 0.2) is 11.5 Å². The molecule has 0 aliphatic rings. The van der Waals surface area contributed by atoms with Crippen molar-refractivity contribution in [2.75, 3.05) is 6.61 Å². The van der Waals surface area contributed by atoms with Crippen molar-refractivity contribution in [1.82, 2.24) is 0 Å². The van der Waals surface area contributed by atoms with Crippen LogP contribution in [0.1, 0.15) is 80.2 Å². The van der Waals surface area contributed by atoms with E-state index in [1.807, 2.05) is 34.6 Å². The van der Waals surface area contributed by atoms with Crippen LogP contribution in [0, 0.1) is 11.8 Å². The summed E-state index contributed by atoms with van der Waals surface area (Å²) in [6.07, 6.45) is -0.528. The molecule has 0 aliphatic heterocycles. The van der Waals surface area contributed by atoms with E-state index in [1.165, 1.54) is 12.1 Å². The predicted octanol–water partition coefficient (Wildman–Crippen LogP) is 4.73. The number of rotatable bonds is 14. The number of hydrogen-bond donors (Lipinski definition) is 1. The minimum absolute atomic E-state index is 0.0652. The molecule has 0 unspecified atom stereocenters. The topological polar surface area (TPSA) is 140 Å². The molecule has 0 aromatic heterocycles. The molecule has 0 amide bonds. The third-order valence-electron chi connectivity index (χ3n) is 5.33. The van der Waals surface area contributed by atoms with Crippen LogP contribution in [-0.2, 0) is 35.0 Å². The maximum Gasteiger partial charge on any atom is 0.509 e. The van der Waals surface area contributed by atoms with E-state index >= 15 is 0 Å². The van der Waals surface area contributed by atoms with Gasteiger partial charge in [0.05, 0.1) is 0 Å². The Bertz CT molecular complexity index is 956. The highest BCUT2D eigenvalue weighted by Gasteiger charge is 2.24. The fourth-order valence-electron chi connectivity index (χ4n) is 3.00. The Hall–Kier alpha value is -3.14. The van der Waals surface area contributed by atoms with E-state index in [2.05, 4.69) is 0 Å². The molecule has 1 rings (SSSR count). The average molecular weight is 538 g/mol. The smallest absolute Gasteiger partial charge is 0.461 e. The quantitative estimate of drug-likeness (QED) is 0.261. The first-order valence-corrected chi connectivity index (χ1v) is 13.0. The lowest BCUT2D eigenvalue weighted by atomic mass is 10.1. The first kappa shape index (κ1) is 32.9. The van der Waals surface area contributed by atoms with Crippen LogP contribution in [0.3, 0.4) is 0 Å². The zero-order valence-corrected chi connectivity index (χ0v) is 23.8. The summed E-state index contributed by atoms with van der Waals surface area (Å²) in [5, 5.41) is 0. The number of carbonyl (C=O) groups excluding carboxylic acids is 4. The van der Waals surface area contributed by atoms with Crippen LogP contribution >= 0.6 is 0 Å². The van der Waals surface area contributed by atoms with Gasteiger partial charge in [0.25, 0.3) is 0 Å².